The van der Waals surface area contributed by atoms with Crippen molar-refractivity contribution in [1.82, 2.24) is 14.9 Å². The second-order valence-corrected chi connectivity index (χ2v) is 11.1. The lowest BCUT2D eigenvalue weighted by molar-refractivity contribution is 0.0270. The van der Waals surface area contributed by atoms with Crippen LogP contribution in [0.5, 0.6) is 11.5 Å². The Balaban J connectivity index is 1.78. The maximum atomic E-state index is 14.3. The fraction of sp³-hybridized carbons (Fsp3) is 0.345. The summed E-state index contributed by atoms with van der Waals surface area (Å²) in [5, 5.41) is 0.133. The topological polar surface area (TPSA) is 99.8 Å². The lowest BCUT2D eigenvalue weighted by atomic mass is 10.00. The molecule has 11 heteroatoms. The van der Waals surface area contributed by atoms with Crippen LogP contribution in [0.4, 0.5) is 15.0 Å². The van der Waals surface area contributed by atoms with Crippen LogP contribution in [0.2, 0.25) is 10.0 Å². The van der Waals surface area contributed by atoms with Crippen molar-refractivity contribution in [3.63, 3.8) is 0 Å². The molecular formula is C29H31Cl2FN4O4. The molecule has 0 aliphatic carbocycles. The van der Waals surface area contributed by atoms with Gasteiger partial charge < -0.3 is 24.8 Å². The van der Waals surface area contributed by atoms with E-state index in [-0.39, 0.29) is 16.1 Å². The summed E-state index contributed by atoms with van der Waals surface area (Å²) in [5.41, 5.74) is 8.16. The zero-order valence-electron chi connectivity index (χ0n) is 22.9. The predicted molar refractivity (Wildman–Crippen MR) is 154 cm³/mol. The lowest BCUT2D eigenvalue weighted by Gasteiger charge is -2.30. The number of carbonyl (C=O) groups is 1. The summed E-state index contributed by atoms with van der Waals surface area (Å²) in [6.45, 7) is 7.94. The van der Waals surface area contributed by atoms with Crippen molar-refractivity contribution < 1.29 is 23.4 Å². The zero-order chi connectivity index (χ0) is 29.2. The molecule has 0 radical (unpaired) electrons. The number of nitrogens with zero attached hydrogens (tertiary/aromatic N) is 3. The molecule has 1 atom stereocenters. The van der Waals surface area contributed by atoms with Crippen molar-refractivity contribution in [2.45, 2.75) is 45.8 Å². The summed E-state index contributed by atoms with van der Waals surface area (Å²) in [7, 11) is 1.52. The largest absolute Gasteiger partial charge is 0.492 e. The van der Waals surface area contributed by atoms with Crippen molar-refractivity contribution in [2.75, 3.05) is 25.9 Å². The van der Waals surface area contributed by atoms with Crippen LogP contribution in [0.3, 0.4) is 0 Å². The molecule has 1 aliphatic heterocycles. The number of nitrogens with two attached hydrogens (primary N) is 1. The number of ether oxygens (including phenoxy) is 3. The van der Waals surface area contributed by atoms with Crippen molar-refractivity contribution in [3.8, 4) is 22.6 Å². The van der Waals surface area contributed by atoms with E-state index < -0.39 is 17.5 Å². The summed E-state index contributed by atoms with van der Waals surface area (Å²) in [6, 6.07) is 6.10. The molecule has 40 heavy (non-hydrogen) atoms. The first-order chi connectivity index (χ1) is 18.9. The second-order valence-electron chi connectivity index (χ2n) is 10.3. The molecule has 3 aromatic rings. The average Bonchev–Trinajstić information content (AvgIpc) is 2.90. The molecule has 0 saturated heterocycles. The molecule has 212 valence electrons. The maximum absolute atomic E-state index is 14.3. The van der Waals surface area contributed by atoms with E-state index in [0.717, 1.165) is 5.57 Å². The third-order valence-electron chi connectivity index (χ3n) is 6.24. The molecule has 4 rings (SSSR count). The second kappa shape index (κ2) is 11.9. The van der Waals surface area contributed by atoms with Gasteiger partial charge in [0, 0.05) is 47.2 Å². The zero-order valence-corrected chi connectivity index (χ0v) is 24.4. The van der Waals surface area contributed by atoms with Crippen LogP contribution in [0, 0.1) is 5.82 Å². The highest BCUT2D eigenvalue weighted by Gasteiger charge is 2.29. The summed E-state index contributed by atoms with van der Waals surface area (Å²) in [4.78, 5) is 23.1. The van der Waals surface area contributed by atoms with Crippen molar-refractivity contribution in [2.24, 2.45) is 0 Å². The Morgan fingerprint density at radius 1 is 1.12 bits per heavy atom. The quantitative estimate of drug-likeness (QED) is 0.300. The number of benzene rings is 1. The van der Waals surface area contributed by atoms with E-state index in [2.05, 4.69) is 4.98 Å². The van der Waals surface area contributed by atoms with Crippen LogP contribution in [-0.2, 0) is 4.74 Å². The van der Waals surface area contributed by atoms with Gasteiger partial charge in [-0.3, -0.25) is 4.98 Å². The lowest BCUT2D eigenvalue weighted by Crippen LogP contribution is -2.39. The number of pyridine rings is 2. The minimum Gasteiger partial charge on any atom is -0.492 e. The Bertz CT molecular complexity index is 1440. The summed E-state index contributed by atoms with van der Waals surface area (Å²) in [5.74, 6) is 0.468. The standard InChI is InChI=1S/C29H31Cl2FN4O4/c1-16(23-20(30)7-8-21(32)24(23)31)39-27-25(17-10-12-36(13-11-17)28(37)40-29(2,3)4)35-15-19(26(27)38-5)18-6-9-22(33)34-14-18/h6-10,14-16H,11-13H2,1-5H3,(H2,33,34). The smallest absolute Gasteiger partial charge is 0.410 e. The van der Waals surface area contributed by atoms with Crippen LogP contribution in [-0.4, -0.2) is 46.8 Å². The van der Waals surface area contributed by atoms with Gasteiger partial charge in [-0.25, -0.2) is 14.2 Å². The maximum Gasteiger partial charge on any atom is 0.410 e. The third-order valence-corrected chi connectivity index (χ3v) is 6.95. The Morgan fingerprint density at radius 2 is 1.88 bits per heavy atom. The van der Waals surface area contributed by atoms with Gasteiger partial charge in [-0.15, -0.1) is 0 Å². The Labute approximate surface area is 242 Å². The summed E-state index contributed by atoms with van der Waals surface area (Å²) < 4.78 is 32.1. The Hall–Kier alpha value is -3.56. The fourth-order valence-electron chi connectivity index (χ4n) is 4.31. The van der Waals surface area contributed by atoms with Crippen LogP contribution < -0.4 is 15.2 Å². The van der Waals surface area contributed by atoms with E-state index in [1.807, 2.05) is 26.8 Å². The highest BCUT2D eigenvalue weighted by molar-refractivity contribution is 6.36. The molecule has 1 aliphatic rings. The monoisotopic (exact) mass is 588 g/mol. The van der Waals surface area contributed by atoms with Crippen LogP contribution in [0.25, 0.3) is 16.7 Å². The molecule has 1 amide bonds. The van der Waals surface area contributed by atoms with Gasteiger partial charge in [0.1, 0.15) is 29.0 Å². The summed E-state index contributed by atoms with van der Waals surface area (Å²) >= 11 is 12.7. The molecule has 0 fully saturated rings. The first kappa shape index (κ1) is 29.4. The van der Waals surface area contributed by atoms with Gasteiger partial charge in [-0.2, -0.15) is 0 Å². The van der Waals surface area contributed by atoms with E-state index in [0.29, 0.717) is 59.2 Å². The van der Waals surface area contributed by atoms with Gasteiger partial charge >= 0.3 is 6.09 Å². The minimum absolute atomic E-state index is 0.128. The van der Waals surface area contributed by atoms with Crippen LogP contribution in [0.1, 0.15) is 51.5 Å². The van der Waals surface area contributed by atoms with E-state index in [1.165, 1.54) is 19.2 Å². The number of nitrogen functional groups attached to an aromatic ring is 1. The number of aromatic nitrogens is 2. The molecule has 1 aromatic carbocycles. The number of hydrogen-bond donors (Lipinski definition) is 1. The van der Waals surface area contributed by atoms with Gasteiger partial charge in [-0.05, 0) is 64.0 Å². The predicted octanol–water partition coefficient (Wildman–Crippen LogP) is 7.34. The normalized spacial score (nSPS) is 14.4. The molecule has 0 spiro atoms. The molecule has 8 nitrogen and oxygen atoms in total. The molecule has 0 saturated carbocycles. The molecule has 2 N–H and O–H groups in total. The third kappa shape index (κ3) is 6.42. The number of carbonyl (C=O) groups excluding carboxylic acids is 1. The van der Waals surface area contributed by atoms with Gasteiger partial charge in [0.25, 0.3) is 0 Å². The number of hydrogen-bond acceptors (Lipinski definition) is 7. The highest BCUT2D eigenvalue weighted by atomic mass is 35.5. The molecule has 1 unspecified atom stereocenters. The molecule has 0 bridgehead atoms. The van der Waals surface area contributed by atoms with Gasteiger partial charge in [-0.1, -0.05) is 29.3 Å². The first-order valence-corrected chi connectivity index (χ1v) is 13.4. The molecular weight excluding hydrogens is 558 g/mol. The van der Waals surface area contributed by atoms with Crippen LogP contribution in [0.15, 0.2) is 42.7 Å². The van der Waals surface area contributed by atoms with Crippen molar-refractivity contribution in [3.05, 3.63) is 69.9 Å². The molecule has 2 aromatic heterocycles. The van der Waals surface area contributed by atoms with Gasteiger partial charge in [0.15, 0.2) is 11.5 Å². The number of rotatable bonds is 6. The summed E-state index contributed by atoms with van der Waals surface area (Å²) in [6.07, 6.45) is 4.51. The van der Waals surface area contributed by atoms with Crippen LogP contribution >= 0.6 is 23.2 Å². The minimum atomic E-state index is -0.771. The van der Waals surface area contributed by atoms with Gasteiger partial charge in [0.2, 0.25) is 0 Å². The average molecular weight is 589 g/mol. The number of halogens is 3. The fourth-order valence-corrected chi connectivity index (χ4v) is 4.99. The SMILES string of the molecule is COc1c(-c2ccc(N)nc2)cnc(C2=CCN(C(=O)OC(C)(C)C)CC2)c1OC(C)c1c(Cl)ccc(F)c1Cl. The van der Waals surface area contributed by atoms with E-state index in [9.17, 15) is 9.18 Å². The van der Waals surface area contributed by atoms with Crippen molar-refractivity contribution >= 4 is 40.7 Å². The first-order valence-electron chi connectivity index (χ1n) is 12.7. The van der Waals surface area contributed by atoms with E-state index in [4.69, 9.17) is 48.1 Å². The van der Waals surface area contributed by atoms with E-state index >= 15 is 0 Å². The van der Waals surface area contributed by atoms with E-state index in [1.54, 1.807) is 36.4 Å². The Kier molecular flexibility index (Phi) is 8.75. The Morgan fingerprint density at radius 3 is 2.48 bits per heavy atom. The highest BCUT2D eigenvalue weighted by Crippen LogP contribution is 2.45. The van der Waals surface area contributed by atoms with Gasteiger partial charge in [0.05, 0.1) is 12.1 Å². The van der Waals surface area contributed by atoms with Crippen molar-refractivity contribution in [1.29, 1.82) is 0 Å². The molecule has 3 heterocycles. The number of methoxy groups -OCH3 is 1. The number of anilines is 1. The number of amides is 1.